The van der Waals surface area contributed by atoms with Crippen molar-refractivity contribution in [3.05, 3.63) is 0 Å². The van der Waals surface area contributed by atoms with Crippen molar-refractivity contribution in [3.8, 4) is 0 Å². The Labute approximate surface area is 160 Å². The third kappa shape index (κ3) is 19.4. The van der Waals surface area contributed by atoms with Gasteiger partial charge in [-0.3, -0.25) is 9.59 Å². The van der Waals surface area contributed by atoms with E-state index in [4.69, 9.17) is 5.11 Å². The summed E-state index contributed by atoms with van der Waals surface area (Å²) in [7, 11) is 1.40. The standard InChI is InChI=1S/C6H12O2.C5H10O2.H2O.2Y/c1-6(2,3)5(7)8-4;1-5(2,3)4(6)7;;;/h1-4H3;1-3H3,(H,6,7);1H2;;. The zero-order chi connectivity index (χ0) is 12.9. The molecule has 0 saturated heterocycles. The van der Waals surface area contributed by atoms with Crippen LogP contribution in [0.4, 0.5) is 0 Å². The van der Waals surface area contributed by atoms with Gasteiger partial charge < -0.3 is 15.3 Å². The average Bonchev–Trinajstić information content (AvgIpc) is 2.00. The predicted octanol–water partition coefficient (Wildman–Crippen LogP) is 1.49. The van der Waals surface area contributed by atoms with Gasteiger partial charge in [-0.25, -0.2) is 0 Å². The van der Waals surface area contributed by atoms with Crippen molar-refractivity contribution in [2.45, 2.75) is 41.5 Å². The summed E-state index contributed by atoms with van der Waals surface area (Å²) in [5, 5.41) is 8.25. The molecular formula is C11H24O5Y2. The van der Waals surface area contributed by atoms with Crippen molar-refractivity contribution in [1.82, 2.24) is 0 Å². The van der Waals surface area contributed by atoms with Gasteiger partial charge in [0, 0.05) is 65.4 Å². The molecule has 0 unspecified atom stereocenters. The van der Waals surface area contributed by atoms with Gasteiger partial charge in [-0.15, -0.1) is 0 Å². The van der Waals surface area contributed by atoms with Gasteiger partial charge in [0.2, 0.25) is 0 Å². The Balaban J connectivity index is -0.0000000540. The topological polar surface area (TPSA) is 95.1 Å². The van der Waals surface area contributed by atoms with Crippen LogP contribution in [0.2, 0.25) is 0 Å². The predicted molar refractivity (Wildman–Crippen MR) is 62.2 cm³/mol. The zero-order valence-corrected chi connectivity index (χ0v) is 18.0. The van der Waals surface area contributed by atoms with Crippen molar-refractivity contribution in [3.63, 3.8) is 0 Å². The van der Waals surface area contributed by atoms with Crippen LogP contribution in [0.15, 0.2) is 0 Å². The molecule has 2 radical (unpaired) electrons. The van der Waals surface area contributed by atoms with Crippen LogP contribution in [0.25, 0.3) is 0 Å². The third-order valence-electron chi connectivity index (χ3n) is 1.44. The molecule has 7 heteroatoms. The number of esters is 1. The summed E-state index contributed by atoms with van der Waals surface area (Å²) in [6, 6.07) is 0. The molecule has 0 amide bonds. The molecule has 0 aromatic rings. The molecule has 0 aromatic carbocycles. The summed E-state index contributed by atoms with van der Waals surface area (Å²) in [5.74, 6) is -0.926. The Hall–Kier alpha value is 1.11. The molecule has 18 heavy (non-hydrogen) atoms. The molecule has 104 valence electrons. The van der Waals surface area contributed by atoms with E-state index in [1.165, 1.54) is 7.11 Å². The van der Waals surface area contributed by atoms with Crippen LogP contribution in [0.1, 0.15) is 41.5 Å². The molecule has 5 nitrogen and oxygen atoms in total. The minimum Gasteiger partial charge on any atom is -0.481 e. The van der Waals surface area contributed by atoms with Gasteiger partial charge in [0.05, 0.1) is 17.9 Å². The van der Waals surface area contributed by atoms with Crippen LogP contribution < -0.4 is 0 Å². The molecule has 0 rings (SSSR count). The second-order valence-electron chi connectivity index (χ2n) is 5.30. The van der Waals surface area contributed by atoms with E-state index in [0.717, 1.165) is 0 Å². The second kappa shape index (κ2) is 13.1. The Bertz CT molecular complexity index is 229. The fraction of sp³-hybridized carbons (Fsp3) is 0.818. The van der Waals surface area contributed by atoms with Gasteiger partial charge in [0.25, 0.3) is 0 Å². The molecule has 0 atom stereocenters. The molecule has 0 spiro atoms. The molecule has 0 aliphatic carbocycles. The minimum absolute atomic E-state index is 0. The van der Waals surface area contributed by atoms with Crippen molar-refractivity contribution in [1.29, 1.82) is 0 Å². The van der Waals surface area contributed by atoms with Gasteiger partial charge >= 0.3 is 11.9 Å². The van der Waals surface area contributed by atoms with E-state index in [1.54, 1.807) is 20.8 Å². The summed E-state index contributed by atoms with van der Waals surface area (Å²) >= 11 is 0. The number of hydrogen-bond donors (Lipinski definition) is 1. The van der Waals surface area contributed by atoms with E-state index in [1.807, 2.05) is 20.8 Å². The molecule has 0 saturated carbocycles. The Kier molecular flexibility index (Phi) is 22.9. The van der Waals surface area contributed by atoms with E-state index >= 15 is 0 Å². The number of ether oxygens (including phenoxy) is 1. The molecule has 0 heterocycles. The number of aliphatic carboxylic acids is 1. The number of carbonyl (C=O) groups is 2. The van der Waals surface area contributed by atoms with Gasteiger partial charge in [-0.2, -0.15) is 0 Å². The van der Waals surface area contributed by atoms with Crippen molar-refractivity contribution < 1.29 is 90.3 Å². The zero-order valence-electron chi connectivity index (χ0n) is 12.3. The minimum atomic E-state index is -0.757. The first-order valence-electron chi connectivity index (χ1n) is 4.74. The van der Waals surface area contributed by atoms with Gasteiger partial charge in [-0.1, -0.05) is 0 Å². The average molecular weight is 414 g/mol. The summed E-state index contributed by atoms with van der Waals surface area (Å²) in [4.78, 5) is 20.6. The van der Waals surface area contributed by atoms with Gasteiger partial charge in [0.1, 0.15) is 0 Å². The smallest absolute Gasteiger partial charge is 0.310 e. The van der Waals surface area contributed by atoms with Crippen LogP contribution in [0, 0.1) is 10.8 Å². The van der Waals surface area contributed by atoms with E-state index in [2.05, 4.69) is 4.74 Å². The Morgan fingerprint density at radius 3 is 1.11 bits per heavy atom. The van der Waals surface area contributed by atoms with Crippen LogP contribution in [-0.2, 0) is 79.7 Å². The van der Waals surface area contributed by atoms with Crippen molar-refractivity contribution in [2.24, 2.45) is 10.8 Å². The van der Waals surface area contributed by atoms with Gasteiger partial charge in [0.15, 0.2) is 0 Å². The molecular weight excluding hydrogens is 390 g/mol. The first kappa shape index (κ1) is 31.5. The van der Waals surface area contributed by atoms with E-state index in [0.29, 0.717) is 0 Å². The van der Waals surface area contributed by atoms with Crippen LogP contribution in [0.3, 0.4) is 0 Å². The molecule has 0 fully saturated rings. The Morgan fingerprint density at radius 1 is 0.889 bits per heavy atom. The summed E-state index contributed by atoms with van der Waals surface area (Å²) in [6.07, 6.45) is 0. The monoisotopic (exact) mass is 414 g/mol. The first-order chi connectivity index (χ1) is 6.42. The van der Waals surface area contributed by atoms with E-state index in [9.17, 15) is 9.59 Å². The number of rotatable bonds is 0. The summed E-state index contributed by atoms with van der Waals surface area (Å²) in [5.41, 5.74) is -0.936. The van der Waals surface area contributed by atoms with E-state index in [-0.39, 0.29) is 82.3 Å². The molecule has 0 aliphatic heterocycles. The van der Waals surface area contributed by atoms with E-state index < -0.39 is 11.4 Å². The van der Waals surface area contributed by atoms with Crippen LogP contribution >= 0.6 is 0 Å². The van der Waals surface area contributed by atoms with Gasteiger partial charge in [-0.05, 0) is 41.5 Å². The molecule has 0 aliphatic rings. The molecule has 0 aromatic heterocycles. The fourth-order valence-corrected chi connectivity index (χ4v) is 0.306. The van der Waals surface area contributed by atoms with Crippen molar-refractivity contribution >= 4 is 11.9 Å². The maximum Gasteiger partial charge on any atom is 0.310 e. The summed E-state index contributed by atoms with van der Waals surface area (Å²) in [6.45, 7) is 10.4. The largest absolute Gasteiger partial charge is 0.481 e. The van der Waals surface area contributed by atoms with Crippen LogP contribution in [0.5, 0.6) is 0 Å². The number of carbonyl (C=O) groups excluding carboxylic acids is 1. The molecule has 3 N–H and O–H groups in total. The van der Waals surface area contributed by atoms with Crippen molar-refractivity contribution in [2.75, 3.05) is 7.11 Å². The number of carboxylic acids is 1. The number of methoxy groups -OCH3 is 1. The quantitative estimate of drug-likeness (QED) is 0.608. The first-order valence-corrected chi connectivity index (χ1v) is 4.74. The van der Waals surface area contributed by atoms with Crippen LogP contribution in [-0.4, -0.2) is 29.6 Å². The fourth-order valence-electron chi connectivity index (χ4n) is 0.306. The number of carboxylic acid groups (broad SMARTS) is 1. The summed E-state index contributed by atoms with van der Waals surface area (Å²) < 4.78 is 4.48. The normalized spacial score (nSPS) is 9.28. The number of hydrogen-bond acceptors (Lipinski definition) is 3. The molecule has 0 bridgehead atoms. The Morgan fingerprint density at radius 2 is 1.11 bits per heavy atom. The maximum atomic E-state index is 10.6. The second-order valence-corrected chi connectivity index (χ2v) is 5.30. The maximum absolute atomic E-state index is 10.6. The third-order valence-corrected chi connectivity index (χ3v) is 1.44. The SMILES string of the molecule is CC(C)(C)C(=O)O.COC(=O)C(C)(C)C.O.[Y].[Y].